The van der Waals surface area contributed by atoms with E-state index in [0.717, 1.165) is 13.0 Å². The quantitative estimate of drug-likeness (QED) is 0.603. The number of rotatable bonds is 12. The van der Waals surface area contributed by atoms with Crippen LogP contribution in [0.1, 0.15) is 43.0 Å². The van der Waals surface area contributed by atoms with E-state index in [-0.39, 0.29) is 5.91 Å². The van der Waals surface area contributed by atoms with Crippen LogP contribution < -0.4 is 5.32 Å². The number of benzene rings is 1. The first-order valence-electron chi connectivity index (χ1n) is 7.83. The van der Waals surface area contributed by atoms with Crippen LogP contribution in [0.2, 0.25) is 0 Å². The zero-order chi connectivity index (χ0) is 15.2. The number of hydrogen-bond acceptors (Lipinski definition) is 3. The molecule has 1 N–H and O–H groups in total. The SMILES string of the molecule is CCCCCCOCCOCCNC(=O)c1ccccc1. The van der Waals surface area contributed by atoms with Gasteiger partial charge in [-0.2, -0.15) is 0 Å². The van der Waals surface area contributed by atoms with E-state index in [1.807, 2.05) is 18.2 Å². The molecule has 0 radical (unpaired) electrons. The standard InChI is InChI=1S/C17H27NO3/c1-2-3-4-8-12-20-14-15-21-13-11-18-17(19)16-9-6-5-7-10-16/h5-7,9-10H,2-4,8,11-15H2,1H3,(H,18,19). The molecule has 0 fully saturated rings. The zero-order valence-corrected chi connectivity index (χ0v) is 13.0. The molecular weight excluding hydrogens is 266 g/mol. The Hall–Kier alpha value is -1.39. The van der Waals surface area contributed by atoms with Crippen molar-refractivity contribution < 1.29 is 14.3 Å². The third-order valence-electron chi connectivity index (χ3n) is 3.08. The van der Waals surface area contributed by atoms with Crippen molar-refractivity contribution in [2.24, 2.45) is 0 Å². The molecule has 1 amide bonds. The van der Waals surface area contributed by atoms with Gasteiger partial charge in [-0.3, -0.25) is 4.79 Å². The molecule has 0 atom stereocenters. The predicted molar refractivity (Wildman–Crippen MR) is 84.6 cm³/mol. The Bertz CT molecular complexity index is 368. The Morgan fingerprint density at radius 1 is 0.952 bits per heavy atom. The van der Waals surface area contributed by atoms with Crippen molar-refractivity contribution in [2.45, 2.75) is 32.6 Å². The Labute approximate surface area is 127 Å². The van der Waals surface area contributed by atoms with Crippen LogP contribution in [-0.4, -0.2) is 38.9 Å². The van der Waals surface area contributed by atoms with Gasteiger partial charge in [0.05, 0.1) is 19.8 Å². The molecule has 0 spiro atoms. The van der Waals surface area contributed by atoms with Gasteiger partial charge in [0.2, 0.25) is 0 Å². The number of amides is 1. The van der Waals surface area contributed by atoms with E-state index < -0.39 is 0 Å². The maximum absolute atomic E-state index is 11.7. The summed E-state index contributed by atoms with van der Waals surface area (Å²) in [7, 11) is 0. The summed E-state index contributed by atoms with van der Waals surface area (Å²) < 4.78 is 10.9. The van der Waals surface area contributed by atoms with Crippen molar-refractivity contribution in [3.8, 4) is 0 Å². The average Bonchev–Trinajstić information content (AvgIpc) is 2.53. The van der Waals surface area contributed by atoms with E-state index in [4.69, 9.17) is 9.47 Å². The lowest BCUT2D eigenvalue weighted by molar-refractivity contribution is 0.0468. The van der Waals surface area contributed by atoms with Crippen molar-refractivity contribution in [1.82, 2.24) is 5.32 Å². The maximum Gasteiger partial charge on any atom is 0.251 e. The smallest absolute Gasteiger partial charge is 0.251 e. The molecule has 0 aliphatic carbocycles. The highest BCUT2D eigenvalue weighted by molar-refractivity contribution is 5.94. The predicted octanol–water partition coefficient (Wildman–Crippen LogP) is 3.03. The number of carbonyl (C=O) groups is 1. The van der Waals surface area contributed by atoms with Crippen LogP contribution in [0.15, 0.2) is 30.3 Å². The van der Waals surface area contributed by atoms with Gasteiger partial charge in [0.1, 0.15) is 0 Å². The Kier molecular flexibility index (Phi) is 10.4. The Morgan fingerprint density at radius 3 is 2.38 bits per heavy atom. The van der Waals surface area contributed by atoms with Gasteiger partial charge in [-0.25, -0.2) is 0 Å². The molecule has 0 saturated carbocycles. The van der Waals surface area contributed by atoms with Crippen LogP contribution in [0.4, 0.5) is 0 Å². The van der Waals surface area contributed by atoms with Crippen molar-refractivity contribution in [1.29, 1.82) is 0 Å². The molecule has 1 rings (SSSR count). The molecule has 118 valence electrons. The monoisotopic (exact) mass is 293 g/mol. The van der Waals surface area contributed by atoms with Crippen LogP contribution in [0.3, 0.4) is 0 Å². The first kappa shape index (κ1) is 17.7. The molecule has 4 nitrogen and oxygen atoms in total. The van der Waals surface area contributed by atoms with Crippen LogP contribution in [0.25, 0.3) is 0 Å². The van der Waals surface area contributed by atoms with Crippen LogP contribution in [-0.2, 0) is 9.47 Å². The van der Waals surface area contributed by atoms with Gasteiger partial charge in [-0.15, -0.1) is 0 Å². The van der Waals surface area contributed by atoms with Crippen molar-refractivity contribution >= 4 is 5.91 Å². The molecule has 4 heteroatoms. The van der Waals surface area contributed by atoms with E-state index in [2.05, 4.69) is 12.2 Å². The normalized spacial score (nSPS) is 10.5. The number of ether oxygens (including phenoxy) is 2. The molecule has 1 aromatic carbocycles. The van der Waals surface area contributed by atoms with E-state index in [0.29, 0.717) is 31.9 Å². The zero-order valence-electron chi connectivity index (χ0n) is 13.0. The second-order valence-electron chi connectivity index (χ2n) is 4.91. The van der Waals surface area contributed by atoms with Gasteiger partial charge in [0.25, 0.3) is 5.91 Å². The summed E-state index contributed by atoms with van der Waals surface area (Å²) >= 11 is 0. The first-order chi connectivity index (χ1) is 10.3. The highest BCUT2D eigenvalue weighted by atomic mass is 16.5. The number of carbonyl (C=O) groups excluding carboxylic acids is 1. The van der Waals surface area contributed by atoms with Crippen molar-refractivity contribution in [3.05, 3.63) is 35.9 Å². The van der Waals surface area contributed by atoms with Crippen LogP contribution >= 0.6 is 0 Å². The second kappa shape index (κ2) is 12.4. The minimum atomic E-state index is -0.0635. The summed E-state index contributed by atoms with van der Waals surface area (Å²) in [6.07, 6.45) is 4.89. The molecule has 1 aromatic rings. The van der Waals surface area contributed by atoms with Gasteiger partial charge in [0.15, 0.2) is 0 Å². The van der Waals surface area contributed by atoms with Gasteiger partial charge in [0, 0.05) is 18.7 Å². The molecule has 0 bridgehead atoms. The topological polar surface area (TPSA) is 47.6 Å². The number of nitrogens with one attached hydrogen (secondary N) is 1. The van der Waals surface area contributed by atoms with E-state index in [1.54, 1.807) is 12.1 Å². The molecule has 0 heterocycles. The molecule has 21 heavy (non-hydrogen) atoms. The molecule has 0 aliphatic rings. The van der Waals surface area contributed by atoms with Gasteiger partial charge < -0.3 is 14.8 Å². The van der Waals surface area contributed by atoms with Gasteiger partial charge >= 0.3 is 0 Å². The second-order valence-corrected chi connectivity index (χ2v) is 4.91. The summed E-state index contributed by atoms with van der Waals surface area (Å²) in [5.74, 6) is -0.0635. The fourth-order valence-electron chi connectivity index (χ4n) is 1.88. The van der Waals surface area contributed by atoms with E-state index in [1.165, 1.54) is 19.3 Å². The van der Waals surface area contributed by atoms with E-state index in [9.17, 15) is 4.79 Å². The molecule has 0 aliphatic heterocycles. The third kappa shape index (κ3) is 9.21. The van der Waals surface area contributed by atoms with Crippen molar-refractivity contribution in [3.63, 3.8) is 0 Å². The van der Waals surface area contributed by atoms with Gasteiger partial charge in [-0.05, 0) is 18.6 Å². The lowest BCUT2D eigenvalue weighted by atomic mass is 10.2. The fourth-order valence-corrected chi connectivity index (χ4v) is 1.88. The van der Waals surface area contributed by atoms with Crippen LogP contribution in [0.5, 0.6) is 0 Å². The summed E-state index contributed by atoms with van der Waals surface area (Å²) in [6, 6.07) is 9.18. The number of hydrogen-bond donors (Lipinski definition) is 1. The van der Waals surface area contributed by atoms with E-state index >= 15 is 0 Å². The maximum atomic E-state index is 11.7. The highest BCUT2D eigenvalue weighted by Crippen LogP contribution is 1.99. The summed E-state index contributed by atoms with van der Waals surface area (Å²) in [5, 5.41) is 2.82. The molecule has 0 saturated heterocycles. The number of unbranched alkanes of at least 4 members (excludes halogenated alkanes) is 3. The van der Waals surface area contributed by atoms with Gasteiger partial charge in [-0.1, -0.05) is 44.4 Å². The minimum absolute atomic E-state index is 0.0635. The lowest BCUT2D eigenvalue weighted by Crippen LogP contribution is -2.27. The van der Waals surface area contributed by atoms with Crippen molar-refractivity contribution in [2.75, 3.05) is 33.0 Å². The fraction of sp³-hybridized carbons (Fsp3) is 0.588. The Balaban J connectivity index is 1.88. The largest absolute Gasteiger partial charge is 0.379 e. The molecule has 0 aromatic heterocycles. The lowest BCUT2D eigenvalue weighted by Gasteiger charge is -2.07. The summed E-state index contributed by atoms with van der Waals surface area (Å²) in [4.78, 5) is 11.7. The van der Waals surface area contributed by atoms with Crippen LogP contribution in [0, 0.1) is 0 Å². The minimum Gasteiger partial charge on any atom is -0.379 e. The average molecular weight is 293 g/mol. The Morgan fingerprint density at radius 2 is 1.67 bits per heavy atom. The first-order valence-corrected chi connectivity index (χ1v) is 7.83. The molecule has 0 unspecified atom stereocenters. The molecular formula is C17H27NO3. The summed E-state index contributed by atoms with van der Waals surface area (Å²) in [5.41, 5.74) is 0.674. The summed E-state index contributed by atoms with van der Waals surface area (Å²) in [6.45, 7) is 5.25. The third-order valence-corrected chi connectivity index (χ3v) is 3.08. The highest BCUT2D eigenvalue weighted by Gasteiger charge is 2.02.